The first kappa shape index (κ1) is 39.4. The lowest BCUT2D eigenvalue weighted by molar-refractivity contribution is -0.598. The van der Waals surface area contributed by atoms with Crippen LogP contribution in [0.25, 0.3) is 0 Å². The summed E-state index contributed by atoms with van der Waals surface area (Å²) in [6.45, 7) is 9.59. The summed E-state index contributed by atoms with van der Waals surface area (Å²) in [5, 5.41) is 0. The van der Waals surface area contributed by atoms with E-state index in [0.717, 1.165) is 11.8 Å². The van der Waals surface area contributed by atoms with Crippen LogP contribution < -0.4 is 0 Å². The van der Waals surface area contributed by atoms with Crippen LogP contribution in [-0.2, 0) is 48.0 Å². The van der Waals surface area contributed by atoms with Gasteiger partial charge in [0.15, 0.2) is 23.8 Å². The number of rotatable bonds is 8. The number of thioether (sulfide) groups is 1. The Balaban J connectivity index is 0.938. The molecule has 0 aromatic rings. The van der Waals surface area contributed by atoms with Gasteiger partial charge in [-0.15, -0.1) is 0 Å². The maximum atomic E-state index is 15.2. The van der Waals surface area contributed by atoms with E-state index in [4.69, 9.17) is 48.0 Å². The molecule has 10 aliphatic rings. The van der Waals surface area contributed by atoms with E-state index in [-0.39, 0.29) is 48.4 Å². The molecule has 8 saturated heterocycles. The predicted octanol–water partition coefficient (Wildman–Crippen LogP) is 8.03. The maximum absolute atomic E-state index is 15.2. The third-order valence-electron chi connectivity index (χ3n) is 14.4. The van der Waals surface area contributed by atoms with E-state index in [0.29, 0.717) is 51.4 Å². The molecular formula is C36H52F6O10S. The Morgan fingerprint density at radius 2 is 0.943 bits per heavy atom. The van der Waals surface area contributed by atoms with Gasteiger partial charge in [-0.1, -0.05) is 27.7 Å². The van der Waals surface area contributed by atoms with Crippen LogP contribution in [0.3, 0.4) is 0 Å². The summed E-state index contributed by atoms with van der Waals surface area (Å²) in [6.07, 6.45) is -8.06. The van der Waals surface area contributed by atoms with Crippen molar-refractivity contribution in [2.24, 2.45) is 47.3 Å². The van der Waals surface area contributed by atoms with E-state index in [2.05, 4.69) is 13.8 Å². The topological polar surface area (TPSA) is 92.3 Å². The Bertz CT molecular complexity index is 1290. The molecule has 2 aliphatic carbocycles. The molecule has 10 rings (SSSR count). The fourth-order valence-corrected chi connectivity index (χ4v) is 12.2. The van der Waals surface area contributed by atoms with Crippen LogP contribution in [0.1, 0.15) is 92.9 Å². The molecule has 2 spiro atoms. The van der Waals surface area contributed by atoms with Crippen molar-refractivity contribution in [3.8, 4) is 0 Å². The molecule has 0 N–H and O–H groups in total. The van der Waals surface area contributed by atoms with Crippen molar-refractivity contribution in [3.05, 3.63) is 0 Å². The second kappa shape index (κ2) is 13.0. The minimum Gasteiger partial charge on any atom is -0.341 e. The molecule has 0 radical (unpaired) electrons. The van der Waals surface area contributed by atoms with Crippen molar-refractivity contribution < 1.29 is 74.3 Å². The average Bonchev–Trinajstić information content (AvgIpc) is 3.45. The zero-order valence-corrected chi connectivity index (χ0v) is 31.8. The molecule has 0 aromatic heterocycles. The fraction of sp³-hybridized carbons (Fsp3) is 1.00. The van der Waals surface area contributed by atoms with Crippen LogP contribution in [0.15, 0.2) is 0 Å². The summed E-state index contributed by atoms with van der Waals surface area (Å²) in [6, 6.07) is 0. The van der Waals surface area contributed by atoms with Gasteiger partial charge in [0, 0.05) is 48.0 Å². The Labute approximate surface area is 310 Å². The quantitative estimate of drug-likeness (QED) is 0.136. The van der Waals surface area contributed by atoms with Gasteiger partial charge in [0.2, 0.25) is 11.6 Å². The van der Waals surface area contributed by atoms with Crippen molar-refractivity contribution in [2.75, 3.05) is 24.7 Å². The highest BCUT2D eigenvalue weighted by Gasteiger charge is 2.79. The first-order valence-corrected chi connectivity index (χ1v) is 20.4. The molecule has 17 heteroatoms. The minimum atomic E-state index is -4.93. The summed E-state index contributed by atoms with van der Waals surface area (Å²) in [7, 11) is 0. The molecular weight excluding hydrogens is 738 g/mol. The highest BCUT2D eigenvalue weighted by Crippen LogP contribution is 2.66. The molecule has 8 aliphatic heterocycles. The Kier molecular flexibility index (Phi) is 9.67. The van der Waals surface area contributed by atoms with Gasteiger partial charge in [0.25, 0.3) is 11.6 Å². The van der Waals surface area contributed by atoms with E-state index in [1.54, 1.807) is 13.8 Å². The van der Waals surface area contributed by atoms with E-state index in [1.165, 1.54) is 13.8 Å². The predicted molar refractivity (Wildman–Crippen MR) is 173 cm³/mol. The van der Waals surface area contributed by atoms with Crippen LogP contribution in [-0.4, -0.2) is 84.0 Å². The van der Waals surface area contributed by atoms with E-state index < -0.39 is 83.0 Å². The SMILES string of the molecule is C[C@@H]1CC[C@H]2[C@@H](C)[C@](OCCSCCO[C@@]3(C(F)(F)F)O[C@@H]4O[C@@]5(C)CC[C@H]6[C@H](C)CC[C@@H]([C@H]3C)[C@@]46OO5)(C(F)(F)F)O[C@@H]3O[C@@]4(C)CC[C@@H]1[C@]32OO4. The highest BCUT2D eigenvalue weighted by atomic mass is 32.2. The van der Waals surface area contributed by atoms with Crippen molar-refractivity contribution >= 4 is 11.8 Å². The average molecular weight is 791 g/mol. The molecule has 2 saturated carbocycles. The van der Waals surface area contributed by atoms with Gasteiger partial charge in [0.1, 0.15) is 0 Å². The summed E-state index contributed by atoms with van der Waals surface area (Å²) >= 11 is 1.11. The molecule has 0 aromatic carbocycles. The van der Waals surface area contributed by atoms with E-state index >= 15 is 26.3 Å². The van der Waals surface area contributed by atoms with Crippen LogP contribution >= 0.6 is 11.8 Å². The second-order valence-corrected chi connectivity index (χ2v) is 18.5. The molecule has 10 nitrogen and oxygen atoms in total. The summed E-state index contributed by atoms with van der Waals surface area (Å²) in [4.78, 5) is 23.5. The number of hydrogen-bond donors (Lipinski definition) is 0. The minimum absolute atomic E-state index is 0.0333. The molecule has 53 heavy (non-hydrogen) atoms. The molecule has 0 unspecified atom stereocenters. The Hall–Kier alpha value is -0.470. The van der Waals surface area contributed by atoms with E-state index in [9.17, 15) is 0 Å². The van der Waals surface area contributed by atoms with Gasteiger partial charge >= 0.3 is 12.4 Å². The number of ether oxygens (including phenoxy) is 6. The highest BCUT2D eigenvalue weighted by molar-refractivity contribution is 7.99. The largest absolute Gasteiger partial charge is 0.443 e. The molecule has 8 heterocycles. The normalized spacial score (nSPS) is 53.4. The first-order valence-electron chi connectivity index (χ1n) is 19.2. The Morgan fingerprint density at radius 3 is 1.32 bits per heavy atom. The molecule has 4 bridgehead atoms. The lowest BCUT2D eigenvalue weighted by Crippen LogP contribution is -2.76. The van der Waals surface area contributed by atoms with Crippen LogP contribution in [0.5, 0.6) is 0 Å². The van der Waals surface area contributed by atoms with E-state index in [1.807, 2.05) is 0 Å². The van der Waals surface area contributed by atoms with Gasteiger partial charge in [-0.05, 0) is 76.0 Å². The number of fused-ring (bicyclic) bond motifs is 4. The van der Waals surface area contributed by atoms with Crippen molar-refractivity contribution in [1.29, 1.82) is 0 Å². The van der Waals surface area contributed by atoms with Crippen molar-refractivity contribution in [2.45, 2.75) is 152 Å². The van der Waals surface area contributed by atoms with Crippen LogP contribution in [0.4, 0.5) is 26.3 Å². The maximum Gasteiger partial charge on any atom is 0.443 e. The monoisotopic (exact) mass is 790 g/mol. The molecule has 0 amide bonds. The zero-order chi connectivity index (χ0) is 38.0. The van der Waals surface area contributed by atoms with Gasteiger partial charge in [-0.2, -0.15) is 38.1 Å². The van der Waals surface area contributed by atoms with Crippen LogP contribution in [0.2, 0.25) is 0 Å². The number of hydrogen-bond acceptors (Lipinski definition) is 11. The van der Waals surface area contributed by atoms with Gasteiger partial charge in [-0.25, -0.2) is 19.6 Å². The standard InChI is InChI=1S/C36H52F6O10S/c1-19-7-9-25-21(3)33(35(37,38)39,47-27-31(25)23(19)11-13-29(5,45-27)49-51-31)43-15-17-53-18-16-44-34(36(40,41)42)22(4)26-10-8-20(2)24-12-14-30(6)46-28(48-34)32(24,26)52-50-30/h19-28H,7-18H2,1-6H3/t19-,20-,21-,22-,23+,24+,25+,26+,27+,28+,29-,30-,31-,32-,33-,34-/m1/s1. The third kappa shape index (κ3) is 5.65. The lowest BCUT2D eigenvalue weighted by Gasteiger charge is -2.63. The van der Waals surface area contributed by atoms with Crippen LogP contribution in [0, 0.1) is 47.3 Å². The summed E-state index contributed by atoms with van der Waals surface area (Å²) in [5.74, 6) is -12.0. The van der Waals surface area contributed by atoms with Gasteiger partial charge < -0.3 is 28.4 Å². The summed E-state index contributed by atoms with van der Waals surface area (Å²) < 4.78 is 126. The van der Waals surface area contributed by atoms with Crippen molar-refractivity contribution in [1.82, 2.24) is 0 Å². The molecule has 304 valence electrons. The first-order chi connectivity index (χ1) is 24.8. The third-order valence-corrected chi connectivity index (χ3v) is 15.3. The molecule has 16 atom stereocenters. The van der Waals surface area contributed by atoms with Crippen molar-refractivity contribution in [3.63, 3.8) is 0 Å². The fourth-order valence-electron chi connectivity index (χ4n) is 11.6. The van der Waals surface area contributed by atoms with Gasteiger partial charge in [0.05, 0.1) is 13.2 Å². The van der Waals surface area contributed by atoms with Gasteiger partial charge in [-0.3, -0.25) is 0 Å². The smallest absolute Gasteiger partial charge is 0.341 e. The summed E-state index contributed by atoms with van der Waals surface area (Å²) in [5.41, 5.74) is -2.42. The second-order valence-electron chi connectivity index (χ2n) is 17.3. The number of halogens is 6. The molecule has 10 fully saturated rings. The Morgan fingerprint density at radius 1 is 0.547 bits per heavy atom. The lowest BCUT2D eigenvalue weighted by atomic mass is 9.57. The number of alkyl halides is 6. The zero-order valence-electron chi connectivity index (χ0n) is 31.0.